The fourth-order valence-corrected chi connectivity index (χ4v) is 1.92. The lowest BCUT2D eigenvalue weighted by molar-refractivity contribution is 0.326. The molecule has 0 amide bonds. The van der Waals surface area contributed by atoms with Crippen molar-refractivity contribution in [2.75, 3.05) is 7.11 Å². The van der Waals surface area contributed by atoms with Gasteiger partial charge in [-0.25, -0.2) is 4.57 Å². The summed E-state index contributed by atoms with van der Waals surface area (Å²) in [6.45, 7) is 2.24. The van der Waals surface area contributed by atoms with Crippen molar-refractivity contribution in [1.29, 1.82) is 0 Å². The molecule has 17 heavy (non-hydrogen) atoms. The Morgan fingerprint density at radius 2 is 1.59 bits per heavy atom. The maximum Gasteiger partial charge on any atom is 0.366 e. The molecule has 0 rings (SSSR count). The molecule has 3 nitrogen and oxygen atoms in total. The van der Waals surface area contributed by atoms with Crippen LogP contribution < -0.4 is 0 Å². The van der Waals surface area contributed by atoms with Gasteiger partial charge in [0.15, 0.2) is 0 Å². The molecule has 0 spiro atoms. The molecule has 0 aromatic rings. The third-order valence-corrected chi connectivity index (χ3v) is 3.31. The second-order valence-corrected chi connectivity index (χ2v) is 5.35. The van der Waals surface area contributed by atoms with E-state index in [0.717, 1.165) is 6.42 Å². The van der Waals surface area contributed by atoms with Crippen molar-refractivity contribution < 1.29 is 13.6 Å². The van der Waals surface area contributed by atoms with Gasteiger partial charge in [0, 0.05) is 7.11 Å². The lowest BCUT2D eigenvalue weighted by Crippen LogP contribution is -1.80. The van der Waals surface area contributed by atoms with Gasteiger partial charge in [0.25, 0.3) is 0 Å². The normalized spacial score (nSPS) is 13.1. The van der Waals surface area contributed by atoms with E-state index in [2.05, 4.69) is 11.4 Å². The van der Waals surface area contributed by atoms with Crippen LogP contribution in [-0.4, -0.2) is 7.11 Å². The molecule has 0 aliphatic rings. The Morgan fingerprint density at radius 3 is 2.18 bits per heavy atom. The van der Waals surface area contributed by atoms with E-state index >= 15 is 0 Å². The Hall–Kier alpha value is -0.270. The third kappa shape index (κ3) is 13.7. The zero-order valence-electron chi connectivity index (χ0n) is 11.2. The molecule has 0 N–H and O–H groups in total. The Bertz CT molecular complexity index is 205. The summed E-state index contributed by atoms with van der Waals surface area (Å²) < 4.78 is 20.1. The third-order valence-electron chi connectivity index (χ3n) is 2.65. The number of hydrogen-bond acceptors (Lipinski definition) is 3. The van der Waals surface area contributed by atoms with Crippen LogP contribution in [-0.2, 0) is 13.6 Å². The van der Waals surface area contributed by atoms with Gasteiger partial charge >= 0.3 is 8.25 Å². The van der Waals surface area contributed by atoms with Crippen molar-refractivity contribution in [2.45, 2.75) is 64.7 Å². The molecule has 0 radical (unpaired) electrons. The lowest BCUT2D eigenvalue weighted by Gasteiger charge is -2.00. The molecule has 0 aromatic heterocycles. The molecule has 102 valence electrons. The summed E-state index contributed by atoms with van der Waals surface area (Å²) in [5, 5.41) is 0. The van der Waals surface area contributed by atoms with Gasteiger partial charge in [0.2, 0.25) is 0 Å². The van der Waals surface area contributed by atoms with Crippen LogP contribution >= 0.6 is 8.25 Å². The van der Waals surface area contributed by atoms with Gasteiger partial charge in [-0.1, -0.05) is 51.9 Å². The summed E-state index contributed by atoms with van der Waals surface area (Å²) in [4.78, 5) is 0. The SMILES string of the molecule is CCCCCCCCCC/C=C/O[PH](=O)OC. The predicted molar refractivity (Wildman–Crippen MR) is 73.5 cm³/mol. The fraction of sp³-hybridized carbons (Fsp3) is 0.846. The molecule has 0 heterocycles. The average Bonchev–Trinajstić information content (AvgIpc) is 2.35. The first-order valence-electron chi connectivity index (χ1n) is 6.71. The van der Waals surface area contributed by atoms with Crippen molar-refractivity contribution in [3.63, 3.8) is 0 Å². The van der Waals surface area contributed by atoms with Gasteiger partial charge in [0.05, 0.1) is 6.26 Å². The van der Waals surface area contributed by atoms with Gasteiger partial charge in [-0.05, 0) is 18.9 Å². The number of hydrogen-bond donors (Lipinski definition) is 0. The van der Waals surface area contributed by atoms with E-state index in [4.69, 9.17) is 4.52 Å². The topological polar surface area (TPSA) is 35.5 Å². The van der Waals surface area contributed by atoms with Crippen molar-refractivity contribution in [1.82, 2.24) is 0 Å². The lowest BCUT2D eigenvalue weighted by atomic mass is 10.1. The van der Waals surface area contributed by atoms with Crippen LogP contribution in [0.25, 0.3) is 0 Å². The van der Waals surface area contributed by atoms with E-state index in [1.807, 2.05) is 6.08 Å². The molecule has 0 bridgehead atoms. The highest BCUT2D eigenvalue weighted by atomic mass is 31.1. The Kier molecular flexibility index (Phi) is 13.6. The minimum absolute atomic E-state index is 0.994. The molecule has 4 heteroatoms. The first-order valence-corrected chi connectivity index (χ1v) is 7.93. The Balaban J connectivity index is 3.10. The predicted octanol–water partition coefficient (Wildman–Crippen LogP) is 5.08. The maximum atomic E-state index is 10.8. The number of rotatable bonds is 12. The minimum Gasteiger partial charge on any atom is -0.435 e. The standard InChI is InChI=1S/C13H27O3P/c1-3-4-5-6-7-8-9-10-11-12-13-16-17(14)15-2/h12-13,17H,3-11H2,1-2H3/b13-12+. The molecule has 0 saturated heterocycles. The number of allylic oxidation sites excluding steroid dienone is 1. The van der Waals surface area contributed by atoms with Crippen LogP contribution in [0.2, 0.25) is 0 Å². The quantitative estimate of drug-likeness (QED) is 0.279. The van der Waals surface area contributed by atoms with E-state index < -0.39 is 8.25 Å². The largest absolute Gasteiger partial charge is 0.435 e. The summed E-state index contributed by atoms with van der Waals surface area (Å²) in [6.07, 6.45) is 15.0. The monoisotopic (exact) mass is 262 g/mol. The van der Waals surface area contributed by atoms with Crippen LogP contribution in [0.4, 0.5) is 0 Å². The fourth-order valence-electron chi connectivity index (χ4n) is 1.62. The molecule has 0 fully saturated rings. The maximum absolute atomic E-state index is 10.8. The summed E-state index contributed by atoms with van der Waals surface area (Å²) in [6, 6.07) is 0. The molecule has 1 atom stereocenters. The van der Waals surface area contributed by atoms with E-state index in [1.165, 1.54) is 64.7 Å². The molecule has 1 unspecified atom stereocenters. The van der Waals surface area contributed by atoms with Crippen molar-refractivity contribution >= 4 is 8.25 Å². The molecule has 0 aliphatic carbocycles. The van der Waals surface area contributed by atoms with E-state index in [9.17, 15) is 4.57 Å². The van der Waals surface area contributed by atoms with Crippen molar-refractivity contribution in [2.24, 2.45) is 0 Å². The number of unbranched alkanes of at least 4 members (excludes halogenated alkanes) is 8. The molecular formula is C13H27O3P. The summed E-state index contributed by atoms with van der Waals surface area (Å²) in [5.41, 5.74) is 0. The van der Waals surface area contributed by atoms with Gasteiger partial charge < -0.3 is 9.05 Å². The highest BCUT2D eigenvalue weighted by molar-refractivity contribution is 7.33. The first kappa shape index (κ1) is 16.7. The Morgan fingerprint density at radius 1 is 1.00 bits per heavy atom. The minimum atomic E-state index is -2.28. The first-order chi connectivity index (χ1) is 8.31. The van der Waals surface area contributed by atoms with Crippen molar-refractivity contribution in [3.05, 3.63) is 12.3 Å². The summed E-state index contributed by atoms with van der Waals surface area (Å²) in [7, 11) is -0.893. The Labute approximate surface area is 107 Å². The van der Waals surface area contributed by atoms with Gasteiger partial charge in [0.1, 0.15) is 0 Å². The average molecular weight is 262 g/mol. The van der Waals surface area contributed by atoms with Crippen LogP contribution in [0.3, 0.4) is 0 Å². The summed E-state index contributed by atoms with van der Waals surface area (Å²) in [5.74, 6) is 0. The van der Waals surface area contributed by atoms with Crippen LogP contribution in [0, 0.1) is 0 Å². The smallest absolute Gasteiger partial charge is 0.366 e. The van der Waals surface area contributed by atoms with Gasteiger partial charge in [-0.15, -0.1) is 0 Å². The van der Waals surface area contributed by atoms with Crippen LogP contribution in [0.1, 0.15) is 64.7 Å². The second-order valence-electron chi connectivity index (χ2n) is 4.21. The second kappa shape index (κ2) is 13.8. The molecule has 0 saturated carbocycles. The molecule has 0 aromatic carbocycles. The highest BCUT2D eigenvalue weighted by Gasteiger charge is 1.91. The summed E-state index contributed by atoms with van der Waals surface area (Å²) >= 11 is 0. The van der Waals surface area contributed by atoms with Crippen LogP contribution in [0.5, 0.6) is 0 Å². The van der Waals surface area contributed by atoms with Crippen LogP contribution in [0.15, 0.2) is 12.3 Å². The molecular weight excluding hydrogens is 235 g/mol. The van der Waals surface area contributed by atoms with E-state index in [0.29, 0.717) is 0 Å². The highest BCUT2D eigenvalue weighted by Crippen LogP contribution is 2.21. The van der Waals surface area contributed by atoms with E-state index in [1.54, 1.807) is 0 Å². The van der Waals surface area contributed by atoms with Gasteiger partial charge in [-0.2, -0.15) is 0 Å². The molecule has 0 aliphatic heterocycles. The zero-order valence-corrected chi connectivity index (χ0v) is 12.2. The zero-order chi connectivity index (χ0) is 12.8. The van der Waals surface area contributed by atoms with E-state index in [-0.39, 0.29) is 0 Å². The van der Waals surface area contributed by atoms with Gasteiger partial charge in [-0.3, -0.25) is 0 Å². The van der Waals surface area contributed by atoms with Crippen molar-refractivity contribution in [3.8, 4) is 0 Å².